The molecular weight excluding hydrogens is 468 g/mol. The smallest absolute Gasteiger partial charge is 0.334 e. The van der Waals surface area contributed by atoms with Crippen LogP contribution in [-0.4, -0.2) is 103 Å². The fourth-order valence-electron chi connectivity index (χ4n) is 3.21. The average molecular weight is 523 g/mol. The number of ether oxygens (including phenoxy) is 7. The maximum absolute atomic E-state index is 11.0. The number of rotatable bonds is 30. The van der Waals surface area contributed by atoms with Crippen LogP contribution in [0.3, 0.4) is 0 Å². The first kappa shape index (κ1) is 35.2. The highest BCUT2D eigenvalue weighted by atomic mass is 16.6. The molecule has 9 heteroatoms. The molecule has 0 bridgehead atoms. The van der Waals surface area contributed by atoms with E-state index in [1.54, 1.807) is 0 Å². The number of aliphatic hydroxyl groups excluding tert-OH is 1. The fraction of sp³-hybridized carbons (Fsp3) is 0.963. The molecule has 1 atom stereocenters. The van der Waals surface area contributed by atoms with Crippen molar-refractivity contribution in [1.82, 2.24) is 0 Å². The quantitative estimate of drug-likeness (QED) is 0.111. The van der Waals surface area contributed by atoms with Gasteiger partial charge in [-0.1, -0.05) is 64.7 Å². The summed E-state index contributed by atoms with van der Waals surface area (Å²) in [4.78, 5) is 11.0. The van der Waals surface area contributed by atoms with Gasteiger partial charge in [0.25, 0.3) is 0 Å². The van der Waals surface area contributed by atoms with Gasteiger partial charge in [-0.3, -0.25) is 0 Å². The predicted molar refractivity (Wildman–Crippen MR) is 139 cm³/mol. The Balaban J connectivity index is 3.05. The van der Waals surface area contributed by atoms with Gasteiger partial charge in [-0.05, 0) is 13.3 Å². The lowest BCUT2D eigenvalue weighted by molar-refractivity contribution is -0.154. The number of carbonyl (C=O) groups is 1. The Kier molecular flexibility index (Phi) is 29.7. The van der Waals surface area contributed by atoms with Gasteiger partial charge in [-0.2, -0.15) is 0 Å². The SMILES string of the molecule is CCCCCCCCCCCCOCCOCCOCCOCCOCCOCCOC(=O)[C@@H](C)O. The molecule has 0 aromatic rings. The van der Waals surface area contributed by atoms with E-state index in [4.69, 9.17) is 38.3 Å². The second-order valence-corrected chi connectivity index (χ2v) is 8.70. The Morgan fingerprint density at radius 1 is 0.500 bits per heavy atom. The summed E-state index contributed by atoms with van der Waals surface area (Å²) in [5.41, 5.74) is 0. The molecule has 0 aliphatic heterocycles. The van der Waals surface area contributed by atoms with Crippen molar-refractivity contribution in [2.24, 2.45) is 0 Å². The molecule has 0 rings (SSSR count). The zero-order valence-corrected chi connectivity index (χ0v) is 23.1. The summed E-state index contributed by atoms with van der Waals surface area (Å²) in [5.74, 6) is -0.650. The first-order valence-electron chi connectivity index (χ1n) is 14.0. The third kappa shape index (κ3) is 29.4. The van der Waals surface area contributed by atoms with E-state index < -0.39 is 12.1 Å². The molecule has 0 aromatic heterocycles. The van der Waals surface area contributed by atoms with E-state index in [0.717, 1.165) is 13.0 Å². The average Bonchev–Trinajstić information content (AvgIpc) is 2.87. The first-order valence-corrected chi connectivity index (χ1v) is 14.0. The third-order valence-corrected chi connectivity index (χ3v) is 5.32. The summed E-state index contributed by atoms with van der Waals surface area (Å²) < 4.78 is 37.4. The number of hydrogen-bond donors (Lipinski definition) is 1. The summed E-state index contributed by atoms with van der Waals surface area (Å²) in [5, 5.41) is 8.96. The zero-order chi connectivity index (χ0) is 26.4. The van der Waals surface area contributed by atoms with Crippen LogP contribution in [0.5, 0.6) is 0 Å². The Hall–Kier alpha value is -0.810. The molecule has 0 saturated heterocycles. The van der Waals surface area contributed by atoms with Crippen LogP contribution in [-0.2, 0) is 38.0 Å². The standard InChI is InChI=1S/C27H54O9/c1-3-4-5-6-7-8-9-10-11-12-13-30-14-15-31-16-17-32-18-19-33-20-21-34-22-23-35-24-25-36-27(29)26(2)28/h26,28H,3-25H2,1-2H3/t26-/m1/s1. The van der Waals surface area contributed by atoms with Crippen LogP contribution in [0.1, 0.15) is 78.1 Å². The van der Waals surface area contributed by atoms with Crippen LogP contribution in [0, 0.1) is 0 Å². The second kappa shape index (κ2) is 30.4. The van der Waals surface area contributed by atoms with Crippen LogP contribution in [0.25, 0.3) is 0 Å². The van der Waals surface area contributed by atoms with Gasteiger partial charge in [0.05, 0.1) is 72.7 Å². The van der Waals surface area contributed by atoms with Crippen molar-refractivity contribution in [3.8, 4) is 0 Å². The first-order chi connectivity index (χ1) is 17.7. The summed E-state index contributed by atoms with van der Waals surface area (Å²) in [6, 6.07) is 0. The Morgan fingerprint density at radius 3 is 1.17 bits per heavy atom. The van der Waals surface area contributed by atoms with Gasteiger partial charge in [0.2, 0.25) is 0 Å². The molecule has 0 amide bonds. The summed E-state index contributed by atoms with van der Waals surface area (Å²) >= 11 is 0. The fourth-order valence-corrected chi connectivity index (χ4v) is 3.21. The van der Waals surface area contributed by atoms with Crippen molar-refractivity contribution in [1.29, 1.82) is 0 Å². The number of carbonyl (C=O) groups excluding carboxylic acids is 1. The van der Waals surface area contributed by atoms with Gasteiger partial charge >= 0.3 is 5.97 Å². The monoisotopic (exact) mass is 522 g/mol. The minimum Gasteiger partial charge on any atom is -0.461 e. The molecule has 0 unspecified atom stereocenters. The van der Waals surface area contributed by atoms with Gasteiger partial charge < -0.3 is 38.3 Å². The molecule has 0 spiro atoms. The van der Waals surface area contributed by atoms with Crippen molar-refractivity contribution in [2.45, 2.75) is 84.2 Å². The second-order valence-electron chi connectivity index (χ2n) is 8.70. The lowest BCUT2D eigenvalue weighted by Crippen LogP contribution is -2.21. The van der Waals surface area contributed by atoms with E-state index >= 15 is 0 Å². The van der Waals surface area contributed by atoms with Gasteiger partial charge in [-0.25, -0.2) is 4.79 Å². The molecular formula is C27H54O9. The topological polar surface area (TPSA) is 102 Å². The van der Waals surface area contributed by atoms with Crippen LogP contribution >= 0.6 is 0 Å². The highest BCUT2D eigenvalue weighted by molar-refractivity contribution is 5.73. The Labute approximate surface area is 219 Å². The minimum absolute atomic E-state index is 0.116. The van der Waals surface area contributed by atoms with E-state index in [0.29, 0.717) is 66.1 Å². The maximum atomic E-state index is 11.0. The van der Waals surface area contributed by atoms with E-state index in [1.807, 2.05) is 0 Å². The zero-order valence-electron chi connectivity index (χ0n) is 23.1. The van der Waals surface area contributed by atoms with Crippen LogP contribution in [0.2, 0.25) is 0 Å². The number of esters is 1. The molecule has 0 aromatic carbocycles. The van der Waals surface area contributed by atoms with Crippen LogP contribution < -0.4 is 0 Å². The minimum atomic E-state index is -1.11. The van der Waals surface area contributed by atoms with Gasteiger partial charge in [0.15, 0.2) is 0 Å². The summed E-state index contributed by atoms with van der Waals surface area (Å²) in [6.07, 6.45) is 12.3. The lowest BCUT2D eigenvalue weighted by atomic mass is 10.1. The van der Waals surface area contributed by atoms with E-state index in [-0.39, 0.29) is 13.2 Å². The molecule has 0 saturated carbocycles. The van der Waals surface area contributed by atoms with Gasteiger partial charge in [-0.15, -0.1) is 0 Å². The van der Waals surface area contributed by atoms with E-state index in [2.05, 4.69) is 6.92 Å². The number of hydrogen-bond acceptors (Lipinski definition) is 9. The normalized spacial score (nSPS) is 12.2. The van der Waals surface area contributed by atoms with Crippen molar-refractivity contribution in [3.63, 3.8) is 0 Å². The molecule has 9 nitrogen and oxygen atoms in total. The number of aliphatic hydroxyl groups is 1. The highest BCUT2D eigenvalue weighted by Gasteiger charge is 2.08. The highest BCUT2D eigenvalue weighted by Crippen LogP contribution is 2.10. The molecule has 1 N–H and O–H groups in total. The lowest BCUT2D eigenvalue weighted by Gasteiger charge is -2.09. The Morgan fingerprint density at radius 2 is 0.806 bits per heavy atom. The summed E-state index contributed by atoms with van der Waals surface area (Å²) in [6.45, 7) is 10.0. The van der Waals surface area contributed by atoms with Crippen LogP contribution in [0.15, 0.2) is 0 Å². The predicted octanol–water partition coefficient (Wildman–Crippen LogP) is 3.93. The molecule has 36 heavy (non-hydrogen) atoms. The molecule has 0 heterocycles. The molecule has 0 aliphatic rings. The molecule has 0 aliphatic carbocycles. The molecule has 0 radical (unpaired) electrons. The van der Waals surface area contributed by atoms with E-state index in [1.165, 1.54) is 64.7 Å². The Bertz CT molecular complexity index is 435. The molecule has 0 fully saturated rings. The van der Waals surface area contributed by atoms with Crippen molar-refractivity contribution >= 4 is 5.97 Å². The van der Waals surface area contributed by atoms with Gasteiger partial charge in [0, 0.05) is 6.61 Å². The maximum Gasteiger partial charge on any atom is 0.334 e. The van der Waals surface area contributed by atoms with Gasteiger partial charge in [0.1, 0.15) is 12.7 Å². The third-order valence-electron chi connectivity index (χ3n) is 5.32. The number of unbranched alkanes of at least 4 members (excludes halogenated alkanes) is 9. The van der Waals surface area contributed by atoms with Crippen molar-refractivity contribution in [3.05, 3.63) is 0 Å². The van der Waals surface area contributed by atoms with E-state index in [9.17, 15) is 4.79 Å². The van der Waals surface area contributed by atoms with Crippen LogP contribution in [0.4, 0.5) is 0 Å². The summed E-state index contributed by atoms with van der Waals surface area (Å²) in [7, 11) is 0. The van der Waals surface area contributed by atoms with Crippen molar-refractivity contribution in [2.75, 3.05) is 85.9 Å². The molecule has 216 valence electrons. The van der Waals surface area contributed by atoms with Crippen molar-refractivity contribution < 1.29 is 43.1 Å². The largest absolute Gasteiger partial charge is 0.461 e.